The first kappa shape index (κ1) is 8.93. The highest BCUT2D eigenvalue weighted by atomic mass is 19.4. The number of benzene rings is 1. The van der Waals surface area contributed by atoms with Crippen molar-refractivity contribution in [1.82, 2.24) is 9.97 Å². The molecule has 2 rings (SSSR count). The molecule has 1 aromatic heterocycles. The van der Waals surface area contributed by atoms with E-state index in [-0.39, 0.29) is 0 Å². The van der Waals surface area contributed by atoms with Gasteiger partial charge in [0.05, 0.1) is 11.1 Å². The second-order valence-electron chi connectivity index (χ2n) is 2.74. The van der Waals surface area contributed by atoms with E-state index in [0.29, 0.717) is 10.9 Å². The molecule has 5 heteroatoms. The topological polar surface area (TPSA) is 25.8 Å². The second-order valence-corrected chi connectivity index (χ2v) is 2.74. The van der Waals surface area contributed by atoms with Crippen molar-refractivity contribution in [2.24, 2.45) is 0 Å². The zero-order chi connectivity index (χ0) is 10.2. The van der Waals surface area contributed by atoms with E-state index in [9.17, 15) is 13.2 Å². The minimum Gasteiger partial charge on any atom is -0.233 e. The van der Waals surface area contributed by atoms with Gasteiger partial charge in [-0.15, -0.1) is 0 Å². The zero-order valence-electron chi connectivity index (χ0n) is 6.84. The van der Waals surface area contributed by atoms with Crippen LogP contribution in [0.2, 0.25) is 0 Å². The Balaban J connectivity index is 2.63. The molecule has 2 nitrogen and oxygen atoms in total. The molecule has 0 aliphatic rings. The Kier molecular flexibility index (Phi) is 1.87. The maximum Gasteiger partial charge on any atom is 0.416 e. The number of aromatic nitrogens is 2. The lowest BCUT2D eigenvalue weighted by Gasteiger charge is -2.06. The molecular formula is C9H4F3N2. The van der Waals surface area contributed by atoms with Crippen LogP contribution in [0.4, 0.5) is 13.2 Å². The van der Waals surface area contributed by atoms with E-state index < -0.39 is 11.7 Å². The highest BCUT2D eigenvalue weighted by Crippen LogP contribution is 2.30. The fraction of sp³-hybridized carbons (Fsp3) is 0.111. The molecule has 0 saturated carbocycles. The van der Waals surface area contributed by atoms with E-state index in [1.807, 2.05) is 0 Å². The van der Waals surface area contributed by atoms with Crippen molar-refractivity contribution in [2.45, 2.75) is 6.18 Å². The third-order valence-corrected chi connectivity index (χ3v) is 1.79. The van der Waals surface area contributed by atoms with Gasteiger partial charge in [0.25, 0.3) is 0 Å². The molecule has 14 heavy (non-hydrogen) atoms. The van der Waals surface area contributed by atoms with Crippen molar-refractivity contribution in [3.05, 3.63) is 36.3 Å². The summed E-state index contributed by atoms with van der Waals surface area (Å²) in [6.45, 7) is 0. The van der Waals surface area contributed by atoms with Crippen molar-refractivity contribution in [3.8, 4) is 0 Å². The van der Waals surface area contributed by atoms with Gasteiger partial charge in [0, 0.05) is 11.6 Å². The fourth-order valence-electron chi connectivity index (χ4n) is 1.12. The number of hydrogen-bond acceptors (Lipinski definition) is 2. The summed E-state index contributed by atoms with van der Waals surface area (Å²) >= 11 is 0. The van der Waals surface area contributed by atoms with Crippen molar-refractivity contribution in [3.63, 3.8) is 0 Å². The molecule has 0 N–H and O–H groups in total. The largest absolute Gasteiger partial charge is 0.416 e. The molecule has 2 aromatic rings. The van der Waals surface area contributed by atoms with Crippen LogP contribution in [0.15, 0.2) is 24.4 Å². The number of halogens is 3. The number of rotatable bonds is 0. The van der Waals surface area contributed by atoms with Crippen molar-refractivity contribution in [2.75, 3.05) is 0 Å². The van der Waals surface area contributed by atoms with E-state index in [0.717, 1.165) is 12.1 Å². The Hall–Kier alpha value is -1.65. The van der Waals surface area contributed by atoms with E-state index >= 15 is 0 Å². The summed E-state index contributed by atoms with van der Waals surface area (Å²) in [4.78, 5) is 7.23. The predicted octanol–water partition coefficient (Wildman–Crippen LogP) is 2.45. The summed E-state index contributed by atoms with van der Waals surface area (Å²) in [7, 11) is 0. The highest BCUT2D eigenvalue weighted by molar-refractivity contribution is 5.78. The van der Waals surface area contributed by atoms with Crippen molar-refractivity contribution in [1.29, 1.82) is 0 Å². The van der Waals surface area contributed by atoms with Gasteiger partial charge in [-0.25, -0.2) is 9.97 Å². The Morgan fingerprint density at radius 2 is 2.00 bits per heavy atom. The standard InChI is InChI=1S/C9H4F3N2/c10-9(11,12)7-1-2-8-6(3-7)4-13-5-14-8/h1-4H. The summed E-state index contributed by atoms with van der Waals surface area (Å²) in [6.07, 6.45) is -0.710. The molecule has 1 aromatic carbocycles. The molecule has 0 atom stereocenters. The molecule has 0 saturated heterocycles. The predicted molar refractivity (Wildman–Crippen MR) is 43.4 cm³/mol. The van der Waals surface area contributed by atoms with Gasteiger partial charge in [0.15, 0.2) is 6.33 Å². The Labute approximate surface area is 77.4 Å². The van der Waals surface area contributed by atoms with Gasteiger partial charge in [0.2, 0.25) is 0 Å². The van der Waals surface area contributed by atoms with Gasteiger partial charge in [-0.05, 0) is 18.2 Å². The van der Waals surface area contributed by atoms with Gasteiger partial charge in [0.1, 0.15) is 0 Å². The first-order valence-electron chi connectivity index (χ1n) is 3.77. The van der Waals surface area contributed by atoms with E-state index in [2.05, 4.69) is 16.3 Å². The van der Waals surface area contributed by atoms with Crippen LogP contribution in [0, 0.1) is 6.33 Å². The normalized spacial score (nSPS) is 11.9. The minimum absolute atomic E-state index is 0.360. The average molecular weight is 197 g/mol. The van der Waals surface area contributed by atoms with E-state index in [1.54, 1.807) is 0 Å². The zero-order valence-corrected chi connectivity index (χ0v) is 6.84. The SMILES string of the molecule is FC(F)(F)c1ccc2n[c]ncc2c1. The molecule has 0 unspecified atom stereocenters. The van der Waals surface area contributed by atoms with Crippen LogP contribution in [0.3, 0.4) is 0 Å². The van der Waals surface area contributed by atoms with Gasteiger partial charge in [-0.3, -0.25) is 0 Å². The van der Waals surface area contributed by atoms with E-state index in [1.165, 1.54) is 12.3 Å². The summed E-state index contributed by atoms with van der Waals surface area (Å²) < 4.78 is 36.8. The van der Waals surface area contributed by atoms with Crippen LogP contribution < -0.4 is 0 Å². The lowest BCUT2D eigenvalue weighted by molar-refractivity contribution is -0.137. The highest BCUT2D eigenvalue weighted by Gasteiger charge is 2.30. The Morgan fingerprint density at radius 3 is 2.71 bits per heavy atom. The van der Waals surface area contributed by atoms with Crippen LogP contribution in [0.1, 0.15) is 5.56 Å². The Morgan fingerprint density at radius 1 is 1.21 bits per heavy atom. The van der Waals surface area contributed by atoms with Crippen LogP contribution in [-0.4, -0.2) is 9.97 Å². The van der Waals surface area contributed by atoms with Gasteiger partial charge in [-0.2, -0.15) is 13.2 Å². The summed E-state index contributed by atoms with van der Waals surface area (Å²) in [5.74, 6) is 0. The average Bonchev–Trinajstić information content (AvgIpc) is 2.16. The molecular weight excluding hydrogens is 193 g/mol. The van der Waals surface area contributed by atoms with Gasteiger partial charge in [-0.1, -0.05) is 0 Å². The maximum absolute atomic E-state index is 12.3. The van der Waals surface area contributed by atoms with Crippen LogP contribution in [-0.2, 0) is 6.18 Å². The van der Waals surface area contributed by atoms with Crippen LogP contribution in [0.5, 0.6) is 0 Å². The van der Waals surface area contributed by atoms with E-state index in [4.69, 9.17) is 0 Å². The molecule has 71 valence electrons. The third kappa shape index (κ3) is 1.53. The molecule has 0 aliphatic heterocycles. The summed E-state index contributed by atoms with van der Waals surface area (Å²) in [5, 5.41) is 0.360. The fourth-order valence-corrected chi connectivity index (χ4v) is 1.12. The first-order chi connectivity index (χ1) is 6.57. The Bertz CT molecular complexity index is 465. The van der Waals surface area contributed by atoms with Gasteiger partial charge < -0.3 is 0 Å². The van der Waals surface area contributed by atoms with Crippen molar-refractivity contribution < 1.29 is 13.2 Å². The van der Waals surface area contributed by atoms with Crippen molar-refractivity contribution >= 4 is 10.9 Å². The van der Waals surface area contributed by atoms with Gasteiger partial charge >= 0.3 is 6.18 Å². The quantitative estimate of drug-likeness (QED) is 0.648. The monoisotopic (exact) mass is 197 g/mol. The smallest absolute Gasteiger partial charge is 0.233 e. The first-order valence-corrected chi connectivity index (χ1v) is 3.77. The lowest BCUT2D eigenvalue weighted by Crippen LogP contribution is -2.04. The molecule has 1 heterocycles. The van der Waals surface area contributed by atoms with Crippen LogP contribution in [0.25, 0.3) is 10.9 Å². The molecule has 0 fully saturated rings. The molecule has 0 amide bonds. The summed E-state index contributed by atoms with van der Waals surface area (Å²) in [5.41, 5.74) is -0.243. The summed E-state index contributed by atoms with van der Waals surface area (Å²) in [6, 6.07) is 3.31. The number of hydrogen-bond donors (Lipinski definition) is 0. The number of alkyl halides is 3. The minimum atomic E-state index is -4.33. The number of fused-ring (bicyclic) bond motifs is 1. The van der Waals surface area contributed by atoms with Crippen LogP contribution >= 0.6 is 0 Å². The lowest BCUT2D eigenvalue weighted by atomic mass is 10.1. The molecule has 0 spiro atoms. The third-order valence-electron chi connectivity index (χ3n) is 1.79. The maximum atomic E-state index is 12.3. The number of nitrogens with zero attached hydrogens (tertiary/aromatic N) is 2. The second kappa shape index (κ2) is 2.94. The molecule has 1 radical (unpaired) electrons. The molecule has 0 aliphatic carbocycles. The molecule has 0 bridgehead atoms.